The van der Waals surface area contributed by atoms with Crippen LogP contribution in [0.2, 0.25) is 0 Å². The van der Waals surface area contributed by atoms with Gasteiger partial charge in [-0.2, -0.15) is 0 Å². The van der Waals surface area contributed by atoms with E-state index in [1.54, 1.807) is 0 Å². The first-order valence-corrected chi connectivity index (χ1v) is 8.42. The molecular formula is C16H28N2O3. The van der Waals surface area contributed by atoms with Crippen molar-refractivity contribution in [2.45, 2.75) is 64.7 Å². The zero-order chi connectivity index (χ0) is 15.1. The highest BCUT2D eigenvalue weighted by atomic mass is 16.9. The van der Waals surface area contributed by atoms with E-state index in [4.69, 9.17) is 10.6 Å². The van der Waals surface area contributed by atoms with Gasteiger partial charge in [-0.1, -0.05) is 13.3 Å². The topological polar surface area (TPSA) is 78.4 Å². The fourth-order valence-corrected chi connectivity index (χ4v) is 6.81. The van der Waals surface area contributed by atoms with Crippen LogP contribution >= 0.6 is 0 Å². The third kappa shape index (κ3) is 2.65. The highest BCUT2D eigenvalue weighted by molar-refractivity contribution is 5.12. The summed E-state index contributed by atoms with van der Waals surface area (Å²) in [7, 11) is 0. The van der Waals surface area contributed by atoms with E-state index < -0.39 is 5.09 Å². The first-order chi connectivity index (χ1) is 9.94. The molecule has 4 atom stereocenters. The molecule has 0 radical (unpaired) electrons. The molecule has 0 saturated heterocycles. The SMILES string of the molecule is CCCC12CC3CC(CCN)(C1)CC(CO[N+](=O)[O-])(C3)C2. The highest BCUT2D eigenvalue weighted by Gasteiger charge is 2.62. The summed E-state index contributed by atoms with van der Waals surface area (Å²) in [6, 6.07) is 0. The molecule has 4 unspecified atom stereocenters. The molecule has 0 aliphatic heterocycles. The van der Waals surface area contributed by atoms with Gasteiger partial charge in [-0.25, -0.2) is 0 Å². The maximum atomic E-state index is 10.7. The lowest BCUT2D eigenvalue weighted by molar-refractivity contribution is -0.761. The van der Waals surface area contributed by atoms with Crippen molar-refractivity contribution in [2.75, 3.05) is 13.2 Å². The smallest absolute Gasteiger partial charge is 0.294 e. The Morgan fingerprint density at radius 2 is 1.71 bits per heavy atom. The first-order valence-electron chi connectivity index (χ1n) is 8.42. The van der Waals surface area contributed by atoms with Crippen molar-refractivity contribution < 1.29 is 9.92 Å². The van der Waals surface area contributed by atoms with Gasteiger partial charge in [-0.3, -0.25) is 0 Å². The molecule has 4 fully saturated rings. The van der Waals surface area contributed by atoms with E-state index in [2.05, 4.69) is 6.92 Å². The Balaban J connectivity index is 1.87. The molecule has 0 aromatic carbocycles. The normalized spacial score (nSPS) is 44.0. The van der Waals surface area contributed by atoms with Crippen LogP contribution in [-0.4, -0.2) is 18.2 Å². The molecule has 2 N–H and O–H groups in total. The summed E-state index contributed by atoms with van der Waals surface area (Å²) in [6.45, 7) is 3.30. The van der Waals surface area contributed by atoms with Crippen LogP contribution < -0.4 is 5.73 Å². The van der Waals surface area contributed by atoms with Crippen molar-refractivity contribution >= 4 is 0 Å². The number of nitrogens with zero attached hydrogens (tertiary/aromatic N) is 1. The monoisotopic (exact) mass is 296 g/mol. The van der Waals surface area contributed by atoms with Gasteiger partial charge in [0, 0.05) is 0 Å². The summed E-state index contributed by atoms with van der Waals surface area (Å²) < 4.78 is 0. The molecule has 4 aliphatic carbocycles. The fourth-order valence-electron chi connectivity index (χ4n) is 6.81. The predicted octanol–water partition coefficient (Wildman–Crippen LogP) is 3.30. The average Bonchev–Trinajstić information content (AvgIpc) is 2.34. The Hall–Kier alpha value is -0.840. The molecule has 0 heterocycles. The van der Waals surface area contributed by atoms with Crippen LogP contribution in [0, 0.1) is 32.3 Å². The summed E-state index contributed by atoms with van der Waals surface area (Å²) in [6.07, 6.45) is 10.8. The van der Waals surface area contributed by atoms with Gasteiger partial charge in [-0.05, 0) is 80.1 Å². The highest BCUT2D eigenvalue weighted by Crippen LogP contribution is 2.71. The van der Waals surface area contributed by atoms with Gasteiger partial charge in [-0.15, -0.1) is 10.1 Å². The summed E-state index contributed by atoms with van der Waals surface area (Å²) in [5.41, 5.74) is 6.67. The van der Waals surface area contributed by atoms with Crippen molar-refractivity contribution in [1.82, 2.24) is 0 Å². The standard InChI is InChI=1S/C16H28N2O3/c1-2-3-14-6-13-7-15(9-14,4-5-17)11-16(8-13,10-14)12-21-18(19)20/h13H,2-12,17H2,1H3. The van der Waals surface area contributed by atoms with Gasteiger partial charge in [0.1, 0.15) is 6.61 Å². The molecular weight excluding hydrogens is 268 g/mol. The van der Waals surface area contributed by atoms with Gasteiger partial charge >= 0.3 is 0 Å². The van der Waals surface area contributed by atoms with Crippen LogP contribution in [0.1, 0.15) is 64.7 Å². The molecule has 120 valence electrons. The maximum Gasteiger partial charge on any atom is 0.294 e. The summed E-state index contributed by atoms with van der Waals surface area (Å²) in [4.78, 5) is 15.5. The molecule has 0 aromatic heterocycles. The summed E-state index contributed by atoms with van der Waals surface area (Å²) in [5.74, 6) is 0.731. The van der Waals surface area contributed by atoms with Crippen molar-refractivity contribution in [2.24, 2.45) is 27.9 Å². The number of nitrogens with two attached hydrogens (primary N) is 1. The van der Waals surface area contributed by atoms with Crippen molar-refractivity contribution in [3.8, 4) is 0 Å². The minimum absolute atomic E-state index is 0.0385. The summed E-state index contributed by atoms with van der Waals surface area (Å²) >= 11 is 0. The fraction of sp³-hybridized carbons (Fsp3) is 1.00. The van der Waals surface area contributed by atoms with E-state index in [0.29, 0.717) is 17.4 Å². The minimum atomic E-state index is -0.610. The van der Waals surface area contributed by atoms with E-state index in [-0.39, 0.29) is 5.41 Å². The van der Waals surface area contributed by atoms with E-state index in [1.807, 2.05) is 0 Å². The third-order valence-corrected chi connectivity index (χ3v) is 6.35. The number of hydrogen-bond acceptors (Lipinski definition) is 4. The van der Waals surface area contributed by atoms with Gasteiger partial charge in [0.15, 0.2) is 0 Å². The lowest BCUT2D eigenvalue weighted by Crippen LogP contribution is -2.58. The van der Waals surface area contributed by atoms with E-state index >= 15 is 0 Å². The lowest BCUT2D eigenvalue weighted by atomic mass is 9.38. The second kappa shape index (κ2) is 5.11. The second-order valence-electron chi connectivity index (χ2n) is 8.29. The van der Waals surface area contributed by atoms with Crippen LogP contribution in [0.4, 0.5) is 0 Å². The van der Waals surface area contributed by atoms with Crippen LogP contribution in [0.25, 0.3) is 0 Å². The molecule has 5 heteroatoms. The molecule has 0 spiro atoms. The zero-order valence-electron chi connectivity index (χ0n) is 13.1. The molecule has 4 rings (SSSR count). The lowest BCUT2D eigenvalue weighted by Gasteiger charge is -2.67. The van der Waals surface area contributed by atoms with Gasteiger partial charge < -0.3 is 10.6 Å². The average molecular weight is 296 g/mol. The van der Waals surface area contributed by atoms with Gasteiger partial charge in [0.2, 0.25) is 0 Å². The zero-order valence-corrected chi connectivity index (χ0v) is 13.1. The van der Waals surface area contributed by atoms with Crippen LogP contribution in [0.3, 0.4) is 0 Å². The Labute approximate surface area is 126 Å². The van der Waals surface area contributed by atoms with Crippen LogP contribution in [0.5, 0.6) is 0 Å². The van der Waals surface area contributed by atoms with Crippen LogP contribution in [-0.2, 0) is 4.84 Å². The Kier molecular flexibility index (Phi) is 3.67. The molecule has 4 aliphatic rings. The largest absolute Gasteiger partial charge is 0.330 e. The molecule has 4 saturated carbocycles. The minimum Gasteiger partial charge on any atom is -0.330 e. The first kappa shape index (κ1) is 15.1. The second-order valence-corrected chi connectivity index (χ2v) is 8.29. The van der Waals surface area contributed by atoms with Gasteiger partial charge in [0.25, 0.3) is 5.09 Å². The molecule has 5 nitrogen and oxygen atoms in total. The Morgan fingerprint density at radius 3 is 2.29 bits per heavy atom. The van der Waals surface area contributed by atoms with Crippen molar-refractivity contribution in [1.29, 1.82) is 0 Å². The molecule has 0 amide bonds. The van der Waals surface area contributed by atoms with Crippen molar-refractivity contribution in [3.05, 3.63) is 10.1 Å². The van der Waals surface area contributed by atoms with E-state index in [9.17, 15) is 10.1 Å². The maximum absolute atomic E-state index is 10.7. The van der Waals surface area contributed by atoms with E-state index in [1.165, 1.54) is 32.1 Å². The molecule has 4 bridgehead atoms. The van der Waals surface area contributed by atoms with Gasteiger partial charge in [0.05, 0.1) is 0 Å². The third-order valence-electron chi connectivity index (χ3n) is 6.35. The van der Waals surface area contributed by atoms with Crippen molar-refractivity contribution in [3.63, 3.8) is 0 Å². The Bertz CT molecular complexity index is 404. The summed E-state index contributed by atoms with van der Waals surface area (Å²) in [5, 5.41) is 10.1. The molecule has 0 aromatic rings. The quantitative estimate of drug-likeness (QED) is 0.577. The Morgan fingerprint density at radius 1 is 1.14 bits per heavy atom. The van der Waals surface area contributed by atoms with Crippen LogP contribution in [0.15, 0.2) is 0 Å². The molecule has 21 heavy (non-hydrogen) atoms. The predicted molar refractivity (Wildman–Crippen MR) is 80.0 cm³/mol. The number of rotatable bonds is 7. The number of hydrogen-bond donors (Lipinski definition) is 1. The van der Waals surface area contributed by atoms with E-state index in [0.717, 1.165) is 38.1 Å².